The van der Waals surface area contributed by atoms with E-state index in [1.165, 1.54) is 12.1 Å². The van der Waals surface area contributed by atoms with E-state index in [9.17, 15) is 23.6 Å². The molecule has 1 atom stereocenters. The molecule has 49 heavy (non-hydrogen) atoms. The Bertz CT molecular complexity index is 1770. The second kappa shape index (κ2) is 12.9. The topological polar surface area (TPSA) is 105 Å². The number of Topliss-reactive ketones (excluding diaryl/α,β-unsaturated/α-hetero) is 1. The molecule has 2 aromatic heterocycles. The molecule has 2 aliphatic heterocycles. The van der Waals surface area contributed by atoms with E-state index in [1.807, 2.05) is 48.5 Å². The number of hydrogen-bond acceptors (Lipinski definition) is 6. The highest BCUT2D eigenvalue weighted by Gasteiger charge is 2.60. The van der Waals surface area contributed by atoms with Gasteiger partial charge in [-0.3, -0.25) is 24.3 Å². The van der Waals surface area contributed by atoms with Gasteiger partial charge in [-0.25, -0.2) is 9.18 Å². The molecule has 4 heterocycles. The molecule has 6 rings (SSSR count). The van der Waals surface area contributed by atoms with Crippen molar-refractivity contribution < 1.29 is 28.3 Å². The van der Waals surface area contributed by atoms with E-state index in [4.69, 9.17) is 4.74 Å². The minimum atomic E-state index is -0.655. The van der Waals surface area contributed by atoms with Crippen molar-refractivity contribution in [1.82, 2.24) is 24.3 Å². The maximum absolute atomic E-state index is 14.6. The average molecular weight is 674 g/mol. The normalized spacial score (nSPS) is 19.3. The molecule has 3 amide bonds. The Hall–Kier alpha value is -4.28. The maximum atomic E-state index is 14.6. The van der Waals surface area contributed by atoms with Crippen molar-refractivity contribution in [2.24, 2.45) is 5.92 Å². The lowest BCUT2D eigenvalue weighted by Crippen LogP contribution is -2.53. The Morgan fingerprint density at radius 2 is 1.63 bits per heavy atom. The van der Waals surface area contributed by atoms with Gasteiger partial charge in [0.15, 0.2) is 5.78 Å². The van der Waals surface area contributed by atoms with Gasteiger partial charge in [0.1, 0.15) is 17.5 Å². The Labute approximate surface area is 287 Å². The maximum Gasteiger partial charge on any atom is 0.411 e. The predicted octanol–water partition coefficient (Wildman–Crippen LogP) is 6.78. The van der Waals surface area contributed by atoms with Crippen molar-refractivity contribution in [3.05, 3.63) is 59.8 Å². The monoisotopic (exact) mass is 673 g/mol. The van der Waals surface area contributed by atoms with E-state index in [-0.39, 0.29) is 46.7 Å². The summed E-state index contributed by atoms with van der Waals surface area (Å²) in [5, 5.41) is 0.694. The number of nitrogens with zero attached hydrogens (tertiary/aromatic N) is 5. The van der Waals surface area contributed by atoms with Gasteiger partial charge in [-0.1, -0.05) is 0 Å². The van der Waals surface area contributed by atoms with E-state index in [0.717, 1.165) is 19.3 Å². The quantitative estimate of drug-likeness (QED) is 0.256. The first-order valence-electron chi connectivity index (χ1n) is 17.5. The van der Waals surface area contributed by atoms with Gasteiger partial charge in [0, 0.05) is 60.0 Å². The summed E-state index contributed by atoms with van der Waals surface area (Å²) in [6, 6.07) is 5.17. The first kappa shape index (κ1) is 34.6. The fourth-order valence-electron chi connectivity index (χ4n) is 7.84. The Balaban J connectivity index is 1.23. The van der Waals surface area contributed by atoms with E-state index in [2.05, 4.69) is 4.98 Å². The first-order chi connectivity index (χ1) is 23.1. The summed E-state index contributed by atoms with van der Waals surface area (Å²) in [6.45, 7) is 14.0. The molecule has 3 aliphatic rings. The van der Waals surface area contributed by atoms with Gasteiger partial charge in [0.25, 0.3) is 5.91 Å². The minimum absolute atomic E-state index is 0.0452. The number of amides is 3. The summed E-state index contributed by atoms with van der Waals surface area (Å²) in [5.41, 5.74) is 0.882. The summed E-state index contributed by atoms with van der Waals surface area (Å²) in [5.74, 6) is -1.26. The molecule has 0 radical (unpaired) electrons. The number of carbonyl (C=O) groups excluding carboxylic acids is 4. The lowest BCUT2D eigenvalue weighted by molar-refractivity contribution is -0.137. The standard InChI is InChI=1S/C38H48FN5O5/c1-23(2)43(24(3)4)34(46)28-20-26(39)8-9-30(28)42-22-29(27-11-17-40-21-32(27)42)33(45)25-12-18-41(19-13-25)35(47)31-10-14-38(15-16-38)44(31)36(48)49-37(5,6)7/h8-9,11,17,20-25,31H,10,12-16,18-19H2,1-7H3/t31-/m0/s1. The third-order valence-electron chi connectivity index (χ3n) is 10.3. The van der Waals surface area contributed by atoms with Crippen LogP contribution in [-0.2, 0) is 9.53 Å². The highest BCUT2D eigenvalue weighted by Crippen LogP contribution is 2.52. The molecule has 1 aromatic carbocycles. The van der Waals surface area contributed by atoms with Crippen LogP contribution in [0.4, 0.5) is 9.18 Å². The van der Waals surface area contributed by atoms with Crippen LogP contribution in [0.1, 0.15) is 108 Å². The van der Waals surface area contributed by atoms with Gasteiger partial charge in [-0.15, -0.1) is 0 Å². The zero-order valence-corrected chi connectivity index (χ0v) is 29.7. The van der Waals surface area contributed by atoms with Crippen LogP contribution in [0.5, 0.6) is 0 Å². The second-order valence-corrected chi connectivity index (χ2v) is 15.5. The number of hydrogen-bond donors (Lipinski definition) is 0. The number of carbonyl (C=O) groups is 4. The molecule has 3 aromatic rings. The molecule has 3 fully saturated rings. The summed E-state index contributed by atoms with van der Waals surface area (Å²) in [4.78, 5) is 64.6. The van der Waals surface area contributed by atoms with E-state index >= 15 is 0 Å². The number of ether oxygens (including phenoxy) is 1. The SMILES string of the molecule is CC(C)N(C(=O)c1cc(F)ccc1-n1cc(C(=O)C2CCN(C(=O)[C@@H]3CCC4(CC4)N3C(=O)OC(C)(C)C)CC2)c2ccncc21)C(C)C. The van der Waals surface area contributed by atoms with Crippen LogP contribution >= 0.6 is 0 Å². The smallest absolute Gasteiger partial charge is 0.411 e. The molecule has 1 spiro atoms. The largest absolute Gasteiger partial charge is 0.444 e. The molecule has 0 bridgehead atoms. The van der Waals surface area contributed by atoms with Crippen molar-refractivity contribution >= 4 is 34.6 Å². The fourth-order valence-corrected chi connectivity index (χ4v) is 7.84. The van der Waals surface area contributed by atoms with Crippen LogP contribution in [-0.4, -0.2) is 90.3 Å². The van der Waals surface area contributed by atoms with Gasteiger partial charge in [0.2, 0.25) is 5.91 Å². The number of aromatic nitrogens is 2. The summed E-state index contributed by atoms with van der Waals surface area (Å²) >= 11 is 0. The van der Waals surface area contributed by atoms with Crippen molar-refractivity contribution in [3.63, 3.8) is 0 Å². The van der Waals surface area contributed by atoms with Crippen molar-refractivity contribution in [2.75, 3.05) is 13.1 Å². The molecule has 1 saturated carbocycles. The minimum Gasteiger partial charge on any atom is -0.444 e. The number of likely N-dealkylation sites (tertiary alicyclic amines) is 2. The third kappa shape index (κ3) is 6.56. The second-order valence-electron chi connectivity index (χ2n) is 15.5. The number of halogens is 1. The number of fused-ring (bicyclic) bond motifs is 1. The first-order valence-corrected chi connectivity index (χ1v) is 17.5. The van der Waals surface area contributed by atoms with Crippen LogP contribution in [0.15, 0.2) is 42.9 Å². The number of rotatable bonds is 7. The van der Waals surface area contributed by atoms with Crippen LogP contribution < -0.4 is 0 Å². The van der Waals surface area contributed by atoms with Crippen LogP contribution in [0.2, 0.25) is 0 Å². The Morgan fingerprint density at radius 1 is 0.959 bits per heavy atom. The number of benzene rings is 1. The van der Waals surface area contributed by atoms with Crippen LogP contribution in [0.25, 0.3) is 16.6 Å². The highest BCUT2D eigenvalue weighted by molar-refractivity contribution is 6.10. The molecular formula is C38H48FN5O5. The molecule has 262 valence electrons. The van der Waals surface area contributed by atoms with Gasteiger partial charge in [0.05, 0.1) is 23.0 Å². The Morgan fingerprint density at radius 3 is 2.24 bits per heavy atom. The summed E-state index contributed by atoms with van der Waals surface area (Å²) in [7, 11) is 0. The lowest BCUT2D eigenvalue weighted by Gasteiger charge is -2.37. The highest BCUT2D eigenvalue weighted by atomic mass is 19.1. The van der Waals surface area contributed by atoms with E-state index in [0.29, 0.717) is 54.5 Å². The van der Waals surface area contributed by atoms with Gasteiger partial charge >= 0.3 is 6.09 Å². The zero-order valence-electron chi connectivity index (χ0n) is 29.7. The van der Waals surface area contributed by atoms with E-state index in [1.54, 1.807) is 50.0 Å². The van der Waals surface area contributed by atoms with Gasteiger partial charge in [-0.05, 0) is 111 Å². The van der Waals surface area contributed by atoms with Gasteiger partial charge in [-0.2, -0.15) is 0 Å². The molecule has 0 N–H and O–H groups in total. The molecule has 2 saturated heterocycles. The summed E-state index contributed by atoms with van der Waals surface area (Å²) in [6.07, 6.45) is 8.75. The zero-order chi connectivity index (χ0) is 35.4. The predicted molar refractivity (Wildman–Crippen MR) is 184 cm³/mol. The summed E-state index contributed by atoms with van der Waals surface area (Å²) < 4.78 is 22.1. The van der Waals surface area contributed by atoms with Crippen molar-refractivity contribution in [3.8, 4) is 5.69 Å². The molecule has 1 aliphatic carbocycles. The fraction of sp³-hybridized carbons (Fsp3) is 0.553. The van der Waals surface area contributed by atoms with Gasteiger partial charge < -0.3 is 19.1 Å². The van der Waals surface area contributed by atoms with Crippen molar-refractivity contribution in [2.45, 2.75) is 116 Å². The molecule has 11 heteroatoms. The molecule has 10 nitrogen and oxygen atoms in total. The average Bonchev–Trinajstić information content (AvgIpc) is 3.56. The number of pyridine rings is 1. The number of piperidine rings is 1. The molecular weight excluding hydrogens is 625 g/mol. The third-order valence-corrected chi connectivity index (χ3v) is 10.3. The lowest BCUT2D eigenvalue weighted by atomic mass is 9.88. The van der Waals surface area contributed by atoms with E-state index < -0.39 is 23.6 Å². The Kier molecular flexibility index (Phi) is 9.09. The van der Waals surface area contributed by atoms with Crippen molar-refractivity contribution in [1.29, 1.82) is 0 Å². The number of ketones is 1. The van der Waals surface area contributed by atoms with Crippen LogP contribution in [0, 0.1) is 11.7 Å². The van der Waals surface area contributed by atoms with Crippen LogP contribution in [0.3, 0.4) is 0 Å². The molecule has 0 unspecified atom stereocenters.